The zero-order valence-electron chi connectivity index (χ0n) is 14.1. The molecule has 1 amide bonds. The van der Waals surface area contributed by atoms with Crippen LogP contribution in [-0.4, -0.2) is 17.5 Å². The van der Waals surface area contributed by atoms with Crippen LogP contribution in [0.1, 0.15) is 25.3 Å². The summed E-state index contributed by atoms with van der Waals surface area (Å²) in [7, 11) is 0. The number of thiazole rings is 1. The molecule has 1 N–H and O–H groups in total. The Morgan fingerprint density at radius 1 is 1.20 bits per heavy atom. The van der Waals surface area contributed by atoms with Crippen molar-refractivity contribution < 1.29 is 9.53 Å². The maximum atomic E-state index is 12.0. The molecule has 0 spiro atoms. The lowest BCUT2D eigenvalue weighted by atomic mass is 10.2. The van der Waals surface area contributed by atoms with E-state index >= 15 is 0 Å². The molecular weight excluding hydrogens is 332 g/mol. The normalized spacial score (nSPS) is 11.1. The van der Waals surface area contributed by atoms with E-state index in [2.05, 4.69) is 17.2 Å². The van der Waals surface area contributed by atoms with E-state index in [4.69, 9.17) is 4.74 Å². The number of ether oxygens (including phenoxy) is 1. The highest BCUT2D eigenvalue weighted by Crippen LogP contribution is 2.25. The summed E-state index contributed by atoms with van der Waals surface area (Å²) in [6, 6.07) is 15.5. The second-order valence-corrected chi connectivity index (χ2v) is 6.61. The molecule has 0 radical (unpaired) electrons. The average Bonchev–Trinajstić information content (AvgIpc) is 3.03. The topological polar surface area (TPSA) is 51.2 Å². The van der Waals surface area contributed by atoms with Crippen molar-refractivity contribution >= 4 is 38.7 Å². The van der Waals surface area contributed by atoms with Crippen molar-refractivity contribution in [3.8, 4) is 5.75 Å². The van der Waals surface area contributed by atoms with Gasteiger partial charge in [-0.25, -0.2) is 4.98 Å². The molecule has 25 heavy (non-hydrogen) atoms. The quantitative estimate of drug-likeness (QED) is 0.474. The van der Waals surface area contributed by atoms with Gasteiger partial charge in [0, 0.05) is 6.08 Å². The molecule has 0 saturated carbocycles. The van der Waals surface area contributed by atoms with Crippen LogP contribution in [-0.2, 0) is 4.79 Å². The molecule has 0 unspecified atom stereocenters. The largest absolute Gasteiger partial charge is 0.494 e. The maximum absolute atomic E-state index is 12.0. The Kier molecular flexibility index (Phi) is 5.80. The Morgan fingerprint density at radius 3 is 2.76 bits per heavy atom. The highest BCUT2D eigenvalue weighted by molar-refractivity contribution is 7.22. The van der Waals surface area contributed by atoms with Crippen molar-refractivity contribution in [2.75, 3.05) is 11.9 Å². The minimum absolute atomic E-state index is 0.192. The maximum Gasteiger partial charge on any atom is 0.250 e. The number of carbonyl (C=O) groups is 1. The number of para-hydroxylation sites is 1. The average molecular weight is 352 g/mol. The molecule has 0 saturated heterocycles. The van der Waals surface area contributed by atoms with Crippen LogP contribution in [0.4, 0.5) is 5.13 Å². The van der Waals surface area contributed by atoms with Crippen molar-refractivity contribution in [2.24, 2.45) is 0 Å². The Bertz CT molecular complexity index is 836. The number of rotatable bonds is 7. The number of benzene rings is 2. The molecule has 2 aromatic carbocycles. The molecular formula is C20H20N2O2S. The SMILES string of the molecule is CCCCOc1ccc(/C=C/C(=O)Nc2nc3ccccc3s2)cc1. The molecule has 0 aliphatic carbocycles. The summed E-state index contributed by atoms with van der Waals surface area (Å²) in [5.74, 6) is 0.659. The van der Waals surface area contributed by atoms with Crippen molar-refractivity contribution in [2.45, 2.75) is 19.8 Å². The van der Waals surface area contributed by atoms with E-state index in [0.29, 0.717) is 5.13 Å². The summed E-state index contributed by atoms with van der Waals surface area (Å²) in [4.78, 5) is 16.4. The summed E-state index contributed by atoms with van der Waals surface area (Å²) in [5, 5.41) is 3.41. The fourth-order valence-corrected chi connectivity index (χ4v) is 3.12. The second-order valence-electron chi connectivity index (χ2n) is 5.58. The Hall–Kier alpha value is -2.66. The summed E-state index contributed by atoms with van der Waals surface area (Å²) >= 11 is 1.47. The van der Waals surface area contributed by atoms with Gasteiger partial charge in [0.1, 0.15) is 5.75 Å². The summed E-state index contributed by atoms with van der Waals surface area (Å²) in [6.45, 7) is 2.87. The molecule has 0 atom stereocenters. The molecule has 1 aromatic heterocycles. The number of fused-ring (bicyclic) bond motifs is 1. The number of hydrogen-bond acceptors (Lipinski definition) is 4. The third kappa shape index (κ3) is 4.90. The highest BCUT2D eigenvalue weighted by Gasteiger charge is 2.05. The lowest BCUT2D eigenvalue weighted by molar-refractivity contribution is -0.111. The van der Waals surface area contributed by atoms with Crippen LogP contribution in [0.5, 0.6) is 5.75 Å². The molecule has 0 aliphatic heterocycles. The molecule has 4 nitrogen and oxygen atoms in total. The molecule has 0 bridgehead atoms. The monoisotopic (exact) mass is 352 g/mol. The summed E-state index contributed by atoms with van der Waals surface area (Å²) < 4.78 is 6.68. The van der Waals surface area contributed by atoms with E-state index < -0.39 is 0 Å². The van der Waals surface area contributed by atoms with Crippen LogP contribution in [0, 0.1) is 0 Å². The van der Waals surface area contributed by atoms with Gasteiger partial charge >= 0.3 is 0 Å². The molecule has 5 heteroatoms. The summed E-state index contributed by atoms with van der Waals surface area (Å²) in [5.41, 5.74) is 1.84. The number of nitrogens with one attached hydrogen (secondary N) is 1. The first kappa shape index (κ1) is 17.2. The zero-order valence-corrected chi connectivity index (χ0v) is 14.9. The molecule has 0 aliphatic rings. The van der Waals surface area contributed by atoms with Gasteiger partial charge in [-0.1, -0.05) is 48.9 Å². The summed E-state index contributed by atoms with van der Waals surface area (Å²) in [6.07, 6.45) is 5.45. The van der Waals surface area contributed by atoms with Crippen molar-refractivity contribution in [1.29, 1.82) is 0 Å². The van der Waals surface area contributed by atoms with Crippen LogP contribution < -0.4 is 10.1 Å². The van der Waals surface area contributed by atoms with Gasteiger partial charge in [0.25, 0.3) is 0 Å². The molecule has 128 valence electrons. The number of unbranched alkanes of at least 4 members (excludes halogenated alkanes) is 1. The molecule has 1 heterocycles. The Morgan fingerprint density at radius 2 is 2.00 bits per heavy atom. The van der Waals surface area contributed by atoms with Gasteiger partial charge in [-0.15, -0.1) is 0 Å². The predicted octanol–water partition coefficient (Wildman–Crippen LogP) is 5.13. The number of hydrogen-bond donors (Lipinski definition) is 1. The van der Waals surface area contributed by atoms with E-state index in [0.717, 1.165) is 41.0 Å². The predicted molar refractivity (Wildman–Crippen MR) is 104 cm³/mol. The first-order valence-electron chi connectivity index (χ1n) is 8.32. The Labute approximate surface area is 151 Å². The second kappa shape index (κ2) is 8.44. The smallest absolute Gasteiger partial charge is 0.250 e. The van der Waals surface area contributed by atoms with Gasteiger partial charge in [-0.3, -0.25) is 10.1 Å². The number of amides is 1. The fraction of sp³-hybridized carbons (Fsp3) is 0.200. The third-order valence-corrected chi connectivity index (χ3v) is 4.55. The van der Waals surface area contributed by atoms with Crippen LogP contribution in [0.15, 0.2) is 54.6 Å². The van der Waals surface area contributed by atoms with Crippen molar-refractivity contribution in [3.05, 3.63) is 60.2 Å². The van der Waals surface area contributed by atoms with Gasteiger partial charge in [0.2, 0.25) is 5.91 Å². The molecule has 3 rings (SSSR count). The van der Waals surface area contributed by atoms with Crippen LogP contribution in [0.25, 0.3) is 16.3 Å². The minimum atomic E-state index is -0.192. The number of carbonyl (C=O) groups excluding carboxylic acids is 1. The lowest BCUT2D eigenvalue weighted by Crippen LogP contribution is -2.07. The van der Waals surface area contributed by atoms with E-state index in [-0.39, 0.29) is 5.91 Å². The van der Waals surface area contributed by atoms with Crippen molar-refractivity contribution in [3.63, 3.8) is 0 Å². The van der Waals surface area contributed by atoms with E-state index in [9.17, 15) is 4.79 Å². The number of nitrogens with zero attached hydrogens (tertiary/aromatic N) is 1. The molecule has 0 fully saturated rings. The highest BCUT2D eigenvalue weighted by atomic mass is 32.1. The van der Waals surface area contributed by atoms with Crippen molar-refractivity contribution in [1.82, 2.24) is 4.98 Å². The van der Waals surface area contributed by atoms with E-state index in [1.807, 2.05) is 48.5 Å². The van der Waals surface area contributed by atoms with E-state index in [1.54, 1.807) is 6.08 Å². The van der Waals surface area contributed by atoms with Gasteiger partial charge in [-0.05, 0) is 42.3 Å². The first-order valence-corrected chi connectivity index (χ1v) is 9.14. The van der Waals surface area contributed by atoms with E-state index in [1.165, 1.54) is 17.4 Å². The third-order valence-electron chi connectivity index (χ3n) is 3.60. The van der Waals surface area contributed by atoms with Gasteiger partial charge in [0.05, 0.1) is 16.8 Å². The van der Waals surface area contributed by atoms with Crippen LogP contribution >= 0.6 is 11.3 Å². The zero-order chi connectivity index (χ0) is 17.5. The molecule has 3 aromatic rings. The van der Waals surface area contributed by atoms with Crippen LogP contribution in [0.3, 0.4) is 0 Å². The lowest BCUT2D eigenvalue weighted by Gasteiger charge is -2.04. The van der Waals surface area contributed by atoms with Gasteiger partial charge < -0.3 is 4.74 Å². The Balaban J connectivity index is 1.56. The number of aromatic nitrogens is 1. The fourth-order valence-electron chi connectivity index (χ4n) is 2.25. The van der Waals surface area contributed by atoms with Gasteiger partial charge in [0.15, 0.2) is 5.13 Å². The minimum Gasteiger partial charge on any atom is -0.494 e. The number of anilines is 1. The standard InChI is InChI=1S/C20H20N2O2S/c1-2-3-14-24-16-11-8-15(9-12-16)10-13-19(23)22-20-21-17-6-4-5-7-18(17)25-20/h4-13H,2-3,14H2,1H3,(H,21,22,23)/b13-10+. The van der Waals surface area contributed by atoms with Crippen LogP contribution in [0.2, 0.25) is 0 Å². The van der Waals surface area contributed by atoms with Gasteiger partial charge in [-0.2, -0.15) is 0 Å². The first-order chi connectivity index (χ1) is 12.2.